The van der Waals surface area contributed by atoms with Crippen molar-refractivity contribution >= 4 is 11.4 Å². The number of carbonyl (C=O) groups excluding carboxylic acids is 1. The fraction of sp³-hybridized carbons (Fsp3) is 0.296. The minimum Gasteiger partial charge on any atom is -0.384 e. The van der Waals surface area contributed by atoms with Gasteiger partial charge in [0, 0.05) is 24.3 Å². The maximum absolute atomic E-state index is 11.9. The van der Waals surface area contributed by atoms with Crippen LogP contribution in [0.4, 0.5) is 0 Å². The predicted molar refractivity (Wildman–Crippen MR) is 125 cm³/mol. The zero-order valence-electron chi connectivity index (χ0n) is 17.9. The Morgan fingerprint density at radius 2 is 1.94 bits per heavy atom. The Hall–Kier alpha value is -2.95. The van der Waals surface area contributed by atoms with Gasteiger partial charge in [0.05, 0.1) is 13.2 Å². The number of rotatable bonds is 4. The average molecular weight is 413 g/mol. The van der Waals surface area contributed by atoms with Crippen LogP contribution < -0.4 is 11.1 Å². The molecule has 4 nitrogen and oxygen atoms in total. The summed E-state index contributed by atoms with van der Waals surface area (Å²) in [5, 5.41) is 3.33. The third kappa shape index (κ3) is 3.56. The molecule has 0 bridgehead atoms. The van der Waals surface area contributed by atoms with Crippen molar-refractivity contribution in [2.75, 3.05) is 26.8 Å². The zero-order valence-corrected chi connectivity index (χ0v) is 17.9. The number of carbonyl (C=O) groups is 1. The van der Waals surface area contributed by atoms with Crippen molar-refractivity contribution in [3.05, 3.63) is 88.7 Å². The van der Waals surface area contributed by atoms with E-state index in [1.807, 2.05) is 12.2 Å². The second-order valence-electron chi connectivity index (χ2n) is 8.61. The van der Waals surface area contributed by atoms with Crippen molar-refractivity contribution in [3.8, 4) is 11.1 Å². The van der Waals surface area contributed by atoms with Crippen LogP contribution in [0.5, 0.6) is 0 Å². The number of hydrogen-bond donors (Lipinski definition) is 2. The fourth-order valence-electron chi connectivity index (χ4n) is 5.28. The van der Waals surface area contributed by atoms with E-state index in [1.165, 1.54) is 33.4 Å². The molecule has 0 fully saturated rings. The van der Waals surface area contributed by atoms with Crippen LogP contribution in [0, 0.1) is 5.92 Å². The Morgan fingerprint density at radius 1 is 1.10 bits per heavy atom. The minimum atomic E-state index is 0.0838. The van der Waals surface area contributed by atoms with E-state index in [2.05, 4.69) is 47.8 Å². The van der Waals surface area contributed by atoms with E-state index in [0.29, 0.717) is 25.6 Å². The quantitative estimate of drug-likeness (QED) is 0.803. The standard InChI is InChI=1S/C27H28N2O2/c1-31-16-19-13-18-5-2-3-7-21(18)23-10-9-22-24(26-8-4-6-20(30)15-29-26)11-17(14-28)12-25(22)27(19)23/h2-11,17,19,29H,12-16,28H2,1H3. The first-order chi connectivity index (χ1) is 15.2. The first-order valence-corrected chi connectivity index (χ1v) is 11.0. The molecule has 1 aliphatic heterocycles. The van der Waals surface area contributed by atoms with Crippen LogP contribution in [-0.4, -0.2) is 32.6 Å². The number of hydrogen-bond acceptors (Lipinski definition) is 4. The minimum absolute atomic E-state index is 0.0838. The molecular formula is C27H28N2O2. The van der Waals surface area contributed by atoms with Gasteiger partial charge in [-0.1, -0.05) is 48.6 Å². The van der Waals surface area contributed by atoms with Gasteiger partial charge in [0.1, 0.15) is 0 Å². The van der Waals surface area contributed by atoms with Crippen LogP contribution in [0.3, 0.4) is 0 Å². The Balaban J connectivity index is 1.68. The smallest absolute Gasteiger partial charge is 0.174 e. The lowest BCUT2D eigenvalue weighted by Crippen LogP contribution is -2.27. The molecule has 0 aromatic heterocycles. The maximum atomic E-state index is 11.9. The van der Waals surface area contributed by atoms with Gasteiger partial charge >= 0.3 is 0 Å². The number of allylic oxidation sites excluding steroid dienone is 3. The molecule has 0 radical (unpaired) electrons. The fourth-order valence-corrected chi connectivity index (χ4v) is 5.28. The summed E-state index contributed by atoms with van der Waals surface area (Å²) in [6.45, 7) is 1.61. The Morgan fingerprint density at radius 3 is 2.77 bits per heavy atom. The summed E-state index contributed by atoms with van der Waals surface area (Å²) < 4.78 is 5.66. The lowest BCUT2D eigenvalue weighted by molar-refractivity contribution is -0.113. The second-order valence-corrected chi connectivity index (χ2v) is 8.61. The number of ketones is 1. The monoisotopic (exact) mass is 412 g/mol. The number of ether oxygens (including phenoxy) is 1. The van der Waals surface area contributed by atoms with Gasteiger partial charge in [0.15, 0.2) is 5.78 Å². The number of fused-ring (bicyclic) bond motifs is 5. The normalized spacial score (nSPS) is 21.8. The molecule has 2 aromatic carbocycles. The van der Waals surface area contributed by atoms with Crippen LogP contribution in [0.1, 0.15) is 28.2 Å². The summed E-state index contributed by atoms with van der Waals surface area (Å²) in [5.41, 5.74) is 16.4. The summed E-state index contributed by atoms with van der Waals surface area (Å²) in [4.78, 5) is 11.9. The highest BCUT2D eigenvalue weighted by molar-refractivity contribution is 5.94. The molecule has 5 rings (SSSR count). The molecule has 2 aliphatic carbocycles. The molecule has 158 valence electrons. The molecule has 0 spiro atoms. The molecule has 0 saturated carbocycles. The molecule has 3 aliphatic rings. The first-order valence-electron chi connectivity index (χ1n) is 11.0. The number of nitrogens with two attached hydrogens (primary N) is 1. The van der Waals surface area contributed by atoms with Gasteiger partial charge in [-0.15, -0.1) is 0 Å². The van der Waals surface area contributed by atoms with Gasteiger partial charge in [0.25, 0.3) is 0 Å². The zero-order chi connectivity index (χ0) is 21.4. The SMILES string of the molecule is COCC1Cc2ccccc2-c2ccc3c(c21)CC(CN)C=C3C1=CC=CC(=O)CN1. The summed E-state index contributed by atoms with van der Waals surface area (Å²) in [6.07, 6.45) is 9.66. The predicted octanol–water partition coefficient (Wildman–Crippen LogP) is 3.77. The number of methoxy groups -OCH3 is 1. The summed E-state index contributed by atoms with van der Waals surface area (Å²) >= 11 is 0. The lowest BCUT2D eigenvalue weighted by atomic mass is 9.71. The molecule has 2 unspecified atom stereocenters. The molecule has 1 heterocycles. The van der Waals surface area contributed by atoms with Crippen LogP contribution >= 0.6 is 0 Å². The van der Waals surface area contributed by atoms with Gasteiger partial charge in [-0.05, 0) is 70.8 Å². The number of benzene rings is 2. The lowest BCUT2D eigenvalue weighted by Gasteiger charge is -2.34. The molecule has 2 atom stereocenters. The summed E-state index contributed by atoms with van der Waals surface area (Å²) in [5.74, 6) is 0.667. The highest BCUT2D eigenvalue weighted by Gasteiger charge is 2.32. The van der Waals surface area contributed by atoms with Gasteiger partial charge in [-0.25, -0.2) is 0 Å². The third-order valence-corrected chi connectivity index (χ3v) is 6.66. The summed E-state index contributed by atoms with van der Waals surface area (Å²) in [6, 6.07) is 13.2. The van der Waals surface area contributed by atoms with Crippen molar-refractivity contribution in [3.63, 3.8) is 0 Å². The van der Waals surface area contributed by atoms with E-state index in [0.717, 1.165) is 24.1 Å². The van der Waals surface area contributed by atoms with Crippen LogP contribution in [-0.2, 0) is 22.4 Å². The highest BCUT2D eigenvalue weighted by Crippen LogP contribution is 2.46. The Kier molecular flexibility index (Phi) is 5.34. The van der Waals surface area contributed by atoms with E-state index < -0.39 is 0 Å². The molecule has 2 aromatic rings. The largest absolute Gasteiger partial charge is 0.384 e. The average Bonchev–Trinajstić information content (AvgIpc) is 3.02. The van der Waals surface area contributed by atoms with E-state index >= 15 is 0 Å². The second kappa shape index (κ2) is 8.29. The van der Waals surface area contributed by atoms with E-state index in [9.17, 15) is 4.79 Å². The van der Waals surface area contributed by atoms with E-state index in [4.69, 9.17) is 10.5 Å². The van der Waals surface area contributed by atoms with Crippen molar-refractivity contribution in [2.24, 2.45) is 11.7 Å². The van der Waals surface area contributed by atoms with Crippen molar-refractivity contribution in [2.45, 2.75) is 18.8 Å². The van der Waals surface area contributed by atoms with E-state index in [-0.39, 0.29) is 11.7 Å². The van der Waals surface area contributed by atoms with Gasteiger partial charge in [0.2, 0.25) is 0 Å². The van der Waals surface area contributed by atoms with Crippen molar-refractivity contribution in [1.82, 2.24) is 5.32 Å². The Bertz CT molecular complexity index is 1130. The van der Waals surface area contributed by atoms with E-state index in [1.54, 1.807) is 13.2 Å². The molecular weight excluding hydrogens is 384 g/mol. The van der Waals surface area contributed by atoms with Crippen molar-refractivity contribution < 1.29 is 9.53 Å². The molecule has 0 amide bonds. The Labute approximate surface area is 183 Å². The topological polar surface area (TPSA) is 64.3 Å². The molecule has 0 saturated heterocycles. The van der Waals surface area contributed by atoms with Crippen LogP contribution in [0.2, 0.25) is 0 Å². The van der Waals surface area contributed by atoms with Crippen molar-refractivity contribution in [1.29, 1.82) is 0 Å². The maximum Gasteiger partial charge on any atom is 0.174 e. The number of nitrogens with one attached hydrogen (secondary N) is 1. The van der Waals surface area contributed by atoms with Crippen LogP contribution in [0.25, 0.3) is 16.7 Å². The van der Waals surface area contributed by atoms with Gasteiger partial charge in [-0.3, -0.25) is 4.79 Å². The summed E-state index contributed by atoms with van der Waals surface area (Å²) in [7, 11) is 1.78. The molecule has 31 heavy (non-hydrogen) atoms. The first kappa shape index (κ1) is 20.0. The van der Waals surface area contributed by atoms with Gasteiger partial charge in [-0.2, -0.15) is 0 Å². The van der Waals surface area contributed by atoms with Gasteiger partial charge < -0.3 is 15.8 Å². The highest BCUT2D eigenvalue weighted by atomic mass is 16.5. The van der Waals surface area contributed by atoms with Crippen LogP contribution in [0.15, 0.2) is 66.4 Å². The third-order valence-electron chi connectivity index (χ3n) is 6.66. The molecule has 3 N–H and O–H groups in total. The molecule has 4 heteroatoms.